The molecule has 1 aliphatic heterocycles. The summed E-state index contributed by atoms with van der Waals surface area (Å²) >= 11 is 0. The summed E-state index contributed by atoms with van der Waals surface area (Å²) in [7, 11) is 1.64. The third kappa shape index (κ3) is 3.81. The van der Waals surface area contributed by atoms with Crippen molar-refractivity contribution >= 4 is 23.0 Å². The molecule has 0 saturated carbocycles. The molecule has 1 amide bonds. The number of ether oxygens (including phenoxy) is 2. The highest BCUT2D eigenvalue weighted by Gasteiger charge is 2.24. The number of hydrogen-bond acceptors (Lipinski definition) is 4. The first kappa shape index (κ1) is 15.4. The Kier molecular flexibility index (Phi) is 4.78. The number of benzene rings is 2. The van der Waals surface area contributed by atoms with E-state index in [0.717, 1.165) is 35.7 Å². The normalized spacial score (nSPS) is 16.8. The summed E-state index contributed by atoms with van der Waals surface area (Å²) in [6.45, 7) is 0.657. The minimum absolute atomic E-state index is 0.0912. The fourth-order valence-electron chi connectivity index (χ4n) is 2.53. The van der Waals surface area contributed by atoms with Crippen LogP contribution in [0.3, 0.4) is 0 Å². The van der Waals surface area contributed by atoms with Gasteiger partial charge in [0.25, 0.3) is 5.91 Å². The molecule has 2 aromatic carbocycles. The van der Waals surface area contributed by atoms with Crippen molar-refractivity contribution < 1.29 is 14.3 Å². The van der Waals surface area contributed by atoms with Gasteiger partial charge in [0.05, 0.1) is 18.5 Å². The molecule has 1 fully saturated rings. The maximum Gasteiger partial charge on any atom is 0.253 e. The average molecular weight is 312 g/mol. The van der Waals surface area contributed by atoms with E-state index >= 15 is 0 Å². The highest BCUT2D eigenvalue weighted by Crippen LogP contribution is 2.27. The number of carbonyl (C=O) groups is 1. The number of amides is 1. The zero-order valence-corrected chi connectivity index (χ0v) is 13.0. The summed E-state index contributed by atoms with van der Waals surface area (Å²) in [5.74, 6) is 0.710. The fourth-order valence-corrected chi connectivity index (χ4v) is 2.53. The molecule has 3 rings (SSSR count). The van der Waals surface area contributed by atoms with Crippen molar-refractivity contribution in [1.29, 1.82) is 0 Å². The molecule has 1 saturated heterocycles. The van der Waals surface area contributed by atoms with Crippen LogP contribution >= 0.6 is 0 Å². The molecule has 0 aliphatic carbocycles. The second-order valence-electron chi connectivity index (χ2n) is 5.39. The van der Waals surface area contributed by atoms with Crippen molar-refractivity contribution in [3.63, 3.8) is 0 Å². The van der Waals surface area contributed by atoms with Gasteiger partial charge in [-0.3, -0.25) is 4.79 Å². The number of hydrogen-bond donors (Lipinski definition) is 2. The Labute approximate surface area is 135 Å². The quantitative estimate of drug-likeness (QED) is 0.886. The Hall–Kier alpha value is -2.53. The number of methoxy groups -OCH3 is 1. The third-order valence-electron chi connectivity index (χ3n) is 3.78. The first-order valence-electron chi connectivity index (χ1n) is 7.69. The molecule has 0 bridgehead atoms. The molecule has 1 heterocycles. The maximum atomic E-state index is 12.2. The first-order chi connectivity index (χ1) is 11.3. The lowest BCUT2D eigenvalue weighted by Crippen LogP contribution is -2.27. The van der Waals surface area contributed by atoms with Crippen LogP contribution in [0.2, 0.25) is 0 Å². The lowest BCUT2D eigenvalue weighted by atomic mass is 10.2. The van der Waals surface area contributed by atoms with E-state index < -0.39 is 0 Å². The summed E-state index contributed by atoms with van der Waals surface area (Å²) in [6, 6.07) is 15.2. The lowest BCUT2D eigenvalue weighted by molar-refractivity contribution is -0.124. The van der Waals surface area contributed by atoms with Crippen molar-refractivity contribution in [2.75, 3.05) is 24.4 Å². The molecule has 5 nitrogen and oxygen atoms in total. The number of carbonyl (C=O) groups excluding carboxylic acids is 1. The number of nitrogens with one attached hydrogen (secondary N) is 2. The summed E-state index contributed by atoms with van der Waals surface area (Å²) in [4.78, 5) is 12.2. The predicted octanol–water partition coefficient (Wildman–Crippen LogP) is 3.56. The summed E-state index contributed by atoms with van der Waals surface area (Å²) in [5, 5.41) is 6.25. The molecule has 23 heavy (non-hydrogen) atoms. The van der Waals surface area contributed by atoms with E-state index in [2.05, 4.69) is 10.6 Å². The van der Waals surface area contributed by atoms with Gasteiger partial charge in [-0.2, -0.15) is 0 Å². The van der Waals surface area contributed by atoms with E-state index in [9.17, 15) is 4.79 Å². The fraction of sp³-hybridized carbons (Fsp3) is 0.278. The van der Waals surface area contributed by atoms with Crippen LogP contribution in [0.5, 0.6) is 5.75 Å². The molecule has 2 N–H and O–H groups in total. The van der Waals surface area contributed by atoms with Crippen molar-refractivity contribution in [2.24, 2.45) is 0 Å². The van der Waals surface area contributed by atoms with Gasteiger partial charge in [0, 0.05) is 12.3 Å². The van der Waals surface area contributed by atoms with Gasteiger partial charge in [0.1, 0.15) is 11.9 Å². The van der Waals surface area contributed by atoms with Gasteiger partial charge in [0.15, 0.2) is 0 Å². The molecule has 0 unspecified atom stereocenters. The number of rotatable bonds is 5. The van der Waals surface area contributed by atoms with Crippen LogP contribution in [0.1, 0.15) is 12.8 Å². The molecular weight excluding hydrogens is 292 g/mol. The molecule has 120 valence electrons. The monoisotopic (exact) mass is 312 g/mol. The van der Waals surface area contributed by atoms with Gasteiger partial charge in [-0.05, 0) is 49.2 Å². The van der Waals surface area contributed by atoms with Crippen LogP contribution in [0, 0.1) is 0 Å². The van der Waals surface area contributed by atoms with E-state index in [-0.39, 0.29) is 12.0 Å². The van der Waals surface area contributed by atoms with Crippen molar-refractivity contribution in [1.82, 2.24) is 0 Å². The standard InChI is InChI=1S/C18H20N2O3/c1-22-14-10-8-13(9-11-14)19-15-5-2-3-6-16(15)20-18(21)17-7-4-12-23-17/h2-3,5-6,8-11,17,19H,4,7,12H2,1H3,(H,20,21)/t17-/m0/s1. The Bertz CT molecular complexity index is 664. The van der Waals surface area contributed by atoms with Crippen molar-refractivity contribution in [3.05, 3.63) is 48.5 Å². The van der Waals surface area contributed by atoms with E-state index in [1.807, 2.05) is 48.5 Å². The van der Waals surface area contributed by atoms with Gasteiger partial charge < -0.3 is 20.1 Å². The van der Waals surface area contributed by atoms with Crippen LogP contribution in [0.25, 0.3) is 0 Å². The van der Waals surface area contributed by atoms with E-state index in [0.29, 0.717) is 6.61 Å². The van der Waals surface area contributed by atoms with Gasteiger partial charge in [-0.25, -0.2) is 0 Å². The molecule has 2 aromatic rings. The lowest BCUT2D eigenvalue weighted by Gasteiger charge is -2.15. The average Bonchev–Trinajstić information content (AvgIpc) is 3.12. The van der Waals surface area contributed by atoms with Gasteiger partial charge in [-0.1, -0.05) is 12.1 Å². The van der Waals surface area contributed by atoms with Crippen molar-refractivity contribution in [3.8, 4) is 5.75 Å². The van der Waals surface area contributed by atoms with Crippen LogP contribution < -0.4 is 15.4 Å². The van der Waals surface area contributed by atoms with Crippen LogP contribution in [-0.4, -0.2) is 25.7 Å². The number of para-hydroxylation sites is 2. The zero-order valence-electron chi connectivity index (χ0n) is 13.0. The predicted molar refractivity (Wildman–Crippen MR) is 90.3 cm³/mol. The maximum absolute atomic E-state index is 12.2. The third-order valence-corrected chi connectivity index (χ3v) is 3.78. The van der Waals surface area contributed by atoms with Crippen LogP contribution in [-0.2, 0) is 9.53 Å². The highest BCUT2D eigenvalue weighted by molar-refractivity contribution is 5.97. The first-order valence-corrected chi connectivity index (χ1v) is 7.69. The molecule has 1 atom stereocenters. The largest absolute Gasteiger partial charge is 0.497 e. The molecule has 1 aliphatic rings. The number of anilines is 3. The second kappa shape index (κ2) is 7.15. The van der Waals surface area contributed by atoms with E-state index in [1.54, 1.807) is 7.11 Å². The molecule has 0 aromatic heterocycles. The summed E-state index contributed by atoms with van der Waals surface area (Å²) in [5.41, 5.74) is 2.50. The SMILES string of the molecule is COc1ccc(Nc2ccccc2NC(=O)[C@@H]2CCCO2)cc1. The molecular formula is C18H20N2O3. The molecule has 5 heteroatoms. The van der Waals surface area contributed by atoms with Gasteiger partial charge in [0.2, 0.25) is 0 Å². The van der Waals surface area contributed by atoms with E-state index in [1.165, 1.54) is 0 Å². The minimum atomic E-state index is -0.343. The Morgan fingerprint density at radius 3 is 2.52 bits per heavy atom. The Balaban J connectivity index is 1.72. The molecule has 0 spiro atoms. The Morgan fingerprint density at radius 2 is 1.87 bits per heavy atom. The van der Waals surface area contributed by atoms with Gasteiger partial charge in [-0.15, -0.1) is 0 Å². The second-order valence-corrected chi connectivity index (χ2v) is 5.39. The minimum Gasteiger partial charge on any atom is -0.497 e. The molecule has 0 radical (unpaired) electrons. The summed E-state index contributed by atoms with van der Waals surface area (Å²) < 4.78 is 10.6. The smallest absolute Gasteiger partial charge is 0.253 e. The van der Waals surface area contributed by atoms with Gasteiger partial charge >= 0.3 is 0 Å². The van der Waals surface area contributed by atoms with Crippen LogP contribution in [0.4, 0.5) is 17.1 Å². The van der Waals surface area contributed by atoms with E-state index in [4.69, 9.17) is 9.47 Å². The summed E-state index contributed by atoms with van der Waals surface area (Å²) in [6.07, 6.45) is 1.37. The Morgan fingerprint density at radius 1 is 1.13 bits per heavy atom. The van der Waals surface area contributed by atoms with Crippen molar-refractivity contribution in [2.45, 2.75) is 18.9 Å². The van der Waals surface area contributed by atoms with Crippen LogP contribution in [0.15, 0.2) is 48.5 Å². The highest BCUT2D eigenvalue weighted by atomic mass is 16.5. The topological polar surface area (TPSA) is 59.6 Å². The zero-order chi connectivity index (χ0) is 16.1.